The van der Waals surface area contributed by atoms with Gasteiger partial charge in [-0.25, -0.2) is 4.79 Å². The summed E-state index contributed by atoms with van der Waals surface area (Å²) in [6.45, 7) is 4.64. The number of carboxylic acids is 1. The Bertz CT molecular complexity index is 1030. The number of ether oxygens (including phenoxy) is 3. The van der Waals surface area contributed by atoms with Crippen LogP contribution in [-0.4, -0.2) is 80.6 Å². The highest BCUT2D eigenvalue weighted by atomic mass is 16.6. The maximum absolute atomic E-state index is 12.7. The molecule has 1 N–H and O–H groups in total. The molecule has 0 aliphatic heterocycles. The molecule has 8 heteroatoms. The van der Waals surface area contributed by atoms with Gasteiger partial charge in [0.25, 0.3) is 0 Å². The molecule has 0 aromatic rings. The van der Waals surface area contributed by atoms with E-state index in [9.17, 15) is 19.5 Å². The fraction of sp³-hybridized carbons (Fsp3) is 0.816. The van der Waals surface area contributed by atoms with Crippen molar-refractivity contribution in [1.29, 1.82) is 0 Å². The lowest BCUT2D eigenvalue weighted by Gasteiger charge is -2.31. The van der Waals surface area contributed by atoms with E-state index in [1.54, 1.807) is 0 Å². The van der Waals surface area contributed by atoms with E-state index in [1.165, 1.54) is 109 Å². The van der Waals surface area contributed by atoms with E-state index in [4.69, 9.17) is 14.2 Å². The van der Waals surface area contributed by atoms with Gasteiger partial charge >= 0.3 is 17.9 Å². The fourth-order valence-corrected chi connectivity index (χ4v) is 6.93. The van der Waals surface area contributed by atoms with Crippen molar-refractivity contribution in [3.8, 4) is 0 Å². The average Bonchev–Trinajstić information content (AvgIpc) is 3.17. The summed E-state index contributed by atoms with van der Waals surface area (Å²) in [4.78, 5) is 37.0. The second-order valence-corrected chi connectivity index (χ2v) is 17.0. The first kappa shape index (κ1) is 54.6. The number of hydrogen-bond acceptors (Lipinski definition) is 6. The van der Waals surface area contributed by atoms with E-state index in [0.29, 0.717) is 19.3 Å². The van der Waals surface area contributed by atoms with Crippen molar-refractivity contribution in [2.24, 2.45) is 0 Å². The molecule has 0 heterocycles. The molecule has 0 saturated heterocycles. The number of carboxylic acid groups (broad SMARTS) is 1. The van der Waals surface area contributed by atoms with Gasteiger partial charge in [0.1, 0.15) is 6.61 Å². The fourth-order valence-electron chi connectivity index (χ4n) is 6.93. The molecule has 2 unspecified atom stereocenters. The number of allylic oxidation sites excluding steroid dienone is 6. The number of unbranched alkanes of at least 4 members (excludes halogenated alkanes) is 22. The molecule has 0 bridgehead atoms. The van der Waals surface area contributed by atoms with Crippen LogP contribution < -0.4 is 0 Å². The molecule has 0 saturated carbocycles. The highest BCUT2D eigenvalue weighted by Gasteiger charge is 2.31. The average molecular weight is 805 g/mol. The Morgan fingerprint density at radius 1 is 0.544 bits per heavy atom. The van der Waals surface area contributed by atoms with Crippen molar-refractivity contribution < 1.29 is 38.2 Å². The molecule has 57 heavy (non-hydrogen) atoms. The SMILES string of the molecule is CC/C=C\C/C=C\C/C=C\CCCCCCCCCC(=O)OC(COCCC(C(=O)O)[N+](C)(C)C)COC(=O)CCCCCCCCCCCCCCCCCC. The monoisotopic (exact) mass is 805 g/mol. The lowest BCUT2D eigenvalue weighted by Crippen LogP contribution is -2.50. The number of hydrogen-bond donors (Lipinski definition) is 1. The molecule has 0 aliphatic rings. The van der Waals surface area contributed by atoms with Crippen molar-refractivity contribution >= 4 is 17.9 Å². The molecule has 332 valence electrons. The first-order valence-electron chi connectivity index (χ1n) is 23.5. The van der Waals surface area contributed by atoms with Gasteiger partial charge in [-0.05, 0) is 44.9 Å². The smallest absolute Gasteiger partial charge is 0.362 e. The van der Waals surface area contributed by atoms with Gasteiger partial charge in [-0.3, -0.25) is 9.59 Å². The summed E-state index contributed by atoms with van der Waals surface area (Å²) in [6.07, 6.45) is 46.1. The molecule has 8 nitrogen and oxygen atoms in total. The maximum Gasteiger partial charge on any atom is 0.362 e. The Morgan fingerprint density at radius 2 is 0.982 bits per heavy atom. The van der Waals surface area contributed by atoms with Gasteiger partial charge < -0.3 is 23.8 Å². The molecule has 0 aliphatic carbocycles. The van der Waals surface area contributed by atoms with Gasteiger partial charge in [-0.15, -0.1) is 0 Å². The Balaban J connectivity index is 4.30. The molecule has 0 aromatic heterocycles. The zero-order valence-corrected chi connectivity index (χ0v) is 37.8. The first-order chi connectivity index (χ1) is 27.6. The van der Waals surface area contributed by atoms with Crippen LogP contribution in [0.3, 0.4) is 0 Å². The highest BCUT2D eigenvalue weighted by Crippen LogP contribution is 2.16. The summed E-state index contributed by atoms with van der Waals surface area (Å²) in [6, 6.07) is -0.615. The van der Waals surface area contributed by atoms with Gasteiger partial charge in [0.2, 0.25) is 0 Å². The first-order valence-corrected chi connectivity index (χ1v) is 23.5. The van der Waals surface area contributed by atoms with Crippen LogP contribution in [-0.2, 0) is 28.6 Å². The summed E-state index contributed by atoms with van der Waals surface area (Å²) >= 11 is 0. The molecule has 0 fully saturated rings. The standard InChI is InChI=1S/C49H89NO7/c1-6-8-10-12-14-16-18-20-22-24-26-28-30-32-34-36-38-40-48(52)57-45(43-55-42-41-46(49(53)54)50(3,4)5)44-56-47(51)39-37-35-33-31-29-27-25-23-21-19-17-15-13-11-9-7-2/h8,10,14,16,20,22,45-46H,6-7,9,11-13,15,17-19,21,23-44H2,1-5H3/p+1/b10-8-,16-14-,22-20-. The Labute approximate surface area is 351 Å². The summed E-state index contributed by atoms with van der Waals surface area (Å²) < 4.78 is 17.3. The predicted molar refractivity (Wildman–Crippen MR) is 238 cm³/mol. The third-order valence-corrected chi connectivity index (χ3v) is 10.6. The summed E-state index contributed by atoms with van der Waals surface area (Å²) in [7, 11) is 5.53. The molecule has 2 atom stereocenters. The van der Waals surface area contributed by atoms with Crippen molar-refractivity contribution in [3.63, 3.8) is 0 Å². The van der Waals surface area contributed by atoms with Crippen LogP contribution in [0.5, 0.6) is 0 Å². The second kappa shape index (κ2) is 40.3. The predicted octanol–water partition coefficient (Wildman–Crippen LogP) is 13.0. The van der Waals surface area contributed by atoms with Crippen LogP contribution in [0, 0.1) is 0 Å². The highest BCUT2D eigenvalue weighted by molar-refractivity contribution is 5.72. The Hall–Kier alpha value is -2.45. The molecule has 0 spiro atoms. The van der Waals surface area contributed by atoms with Crippen molar-refractivity contribution in [3.05, 3.63) is 36.5 Å². The van der Waals surface area contributed by atoms with Gasteiger partial charge in [0, 0.05) is 19.3 Å². The summed E-state index contributed by atoms with van der Waals surface area (Å²) in [5.41, 5.74) is 0. The molecular formula is C49H90NO7+. The normalized spacial score (nSPS) is 13.2. The van der Waals surface area contributed by atoms with E-state index < -0.39 is 18.1 Å². The van der Waals surface area contributed by atoms with Gasteiger partial charge in [0.05, 0.1) is 34.4 Å². The molecule has 0 rings (SSSR count). The van der Waals surface area contributed by atoms with Gasteiger partial charge in [0.15, 0.2) is 12.1 Å². The van der Waals surface area contributed by atoms with Crippen LogP contribution >= 0.6 is 0 Å². The third-order valence-electron chi connectivity index (χ3n) is 10.6. The van der Waals surface area contributed by atoms with Crippen LogP contribution in [0.15, 0.2) is 36.5 Å². The number of aliphatic carboxylic acids is 1. The molecule has 0 aromatic carbocycles. The van der Waals surface area contributed by atoms with Crippen LogP contribution in [0.1, 0.15) is 206 Å². The van der Waals surface area contributed by atoms with Crippen LogP contribution in [0.4, 0.5) is 0 Å². The van der Waals surface area contributed by atoms with E-state index in [0.717, 1.165) is 64.2 Å². The van der Waals surface area contributed by atoms with Gasteiger partial charge in [-0.2, -0.15) is 0 Å². The number of nitrogens with zero attached hydrogens (tertiary/aromatic N) is 1. The van der Waals surface area contributed by atoms with Gasteiger partial charge in [-0.1, -0.05) is 179 Å². The van der Waals surface area contributed by atoms with E-state index >= 15 is 0 Å². The van der Waals surface area contributed by atoms with E-state index in [-0.39, 0.29) is 36.2 Å². The number of rotatable bonds is 42. The molecular weight excluding hydrogens is 715 g/mol. The Morgan fingerprint density at radius 3 is 1.46 bits per heavy atom. The summed E-state index contributed by atoms with van der Waals surface area (Å²) in [5.74, 6) is -1.47. The van der Waals surface area contributed by atoms with Crippen molar-refractivity contribution in [2.75, 3.05) is 41.0 Å². The Kier molecular flexibility index (Phi) is 38.6. The van der Waals surface area contributed by atoms with E-state index in [2.05, 4.69) is 50.3 Å². The zero-order chi connectivity index (χ0) is 42.1. The minimum atomic E-state index is -0.875. The van der Waals surface area contributed by atoms with Crippen molar-refractivity contribution in [1.82, 2.24) is 0 Å². The number of carbonyl (C=O) groups is 3. The molecule has 0 amide bonds. The number of esters is 2. The minimum absolute atomic E-state index is 0.0519. The quantitative estimate of drug-likeness (QED) is 0.0284. The largest absolute Gasteiger partial charge is 0.477 e. The van der Waals surface area contributed by atoms with E-state index in [1.807, 2.05) is 21.1 Å². The third kappa shape index (κ3) is 38.8. The van der Waals surface area contributed by atoms with Crippen molar-refractivity contribution in [2.45, 2.75) is 219 Å². The second-order valence-electron chi connectivity index (χ2n) is 17.0. The zero-order valence-electron chi connectivity index (χ0n) is 37.8. The topological polar surface area (TPSA) is 99.1 Å². The lowest BCUT2D eigenvalue weighted by atomic mass is 10.0. The summed E-state index contributed by atoms with van der Waals surface area (Å²) in [5, 5.41) is 9.63. The minimum Gasteiger partial charge on any atom is -0.477 e. The maximum atomic E-state index is 12.7. The number of quaternary nitrogens is 1. The lowest BCUT2D eigenvalue weighted by molar-refractivity contribution is -0.887. The number of carbonyl (C=O) groups excluding carboxylic acids is 2. The number of likely N-dealkylation sites (N-methyl/N-ethyl adjacent to an activating group) is 1. The molecule has 0 radical (unpaired) electrons. The van der Waals surface area contributed by atoms with Crippen LogP contribution in [0.2, 0.25) is 0 Å². The van der Waals surface area contributed by atoms with Crippen LogP contribution in [0.25, 0.3) is 0 Å².